The molecule has 0 radical (unpaired) electrons. The normalized spacial score (nSPS) is 24.3. The molecular weight excluding hydrogens is 262 g/mol. The third-order valence-electron chi connectivity index (χ3n) is 4.87. The molecule has 0 amide bonds. The second-order valence-corrected chi connectivity index (χ2v) is 6.47. The maximum atomic E-state index is 6.37. The zero-order valence-electron chi connectivity index (χ0n) is 13.1. The molecule has 1 spiro atoms. The van der Waals surface area contributed by atoms with E-state index in [0.29, 0.717) is 6.61 Å². The Hall–Kier alpha value is -1.06. The van der Waals surface area contributed by atoms with Crippen molar-refractivity contribution in [1.29, 1.82) is 0 Å². The zero-order chi connectivity index (χ0) is 14.5. The van der Waals surface area contributed by atoms with Crippen molar-refractivity contribution in [2.75, 3.05) is 13.7 Å². The molecule has 3 nitrogen and oxygen atoms in total. The van der Waals surface area contributed by atoms with Crippen LogP contribution in [-0.2, 0) is 11.3 Å². The van der Waals surface area contributed by atoms with Gasteiger partial charge in [0.15, 0.2) is 0 Å². The van der Waals surface area contributed by atoms with E-state index in [2.05, 4.69) is 23.5 Å². The first-order chi connectivity index (χ1) is 10.3. The largest absolute Gasteiger partial charge is 0.491 e. The average molecular weight is 289 g/mol. The van der Waals surface area contributed by atoms with E-state index in [9.17, 15) is 0 Å². The van der Waals surface area contributed by atoms with Gasteiger partial charge in [0.1, 0.15) is 12.4 Å². The molecule has 21 heavy (non-hydrogen) atoms. The predicted molar refractivity (Wildman–Crippen MR) is 84.6 cm³/mol. The van der Waals surface area contributed by atoms with Gasteiger partial charge in [-0.1, -0.05) is 37.5 Å². The van der Waals surface area contributed by atoms with Gasteiger partial charge in [0.05, 0.1) is 11.7 Å². The second kappa shape index (κ2) is 6.80. The third kappa shape index (κ3) is 3.58. The summed E-state index contributed by atoms with van der Waals surface area (Å²) in [5.41, 5.74) is 1.40. The number of hydrogen-bond donors (Lipinski definition) is 1. The zero-order valence-corrected chi connectivity index (χ0v) is 13.1. The van der Waals surface area contributed by atoms with Crippen molar-refractivity contribution in [3.8, 4) is 5.75 Å². The van der Waals surface area contributed by atoms with Gasteiger partial charge >= 0.3 is 0 Å². The fourth-order valence-corrected chi connectivity index (χ4v) is 3.74. The fourth-order valence-electron chi connectivity index (χ4n) is 3.74. The molecule has 1 aliphatic carbocycles. The fraction of sp³-hybridized carbons (Fsp3) is 0.667. The molecule has 0 aromatic heterocycles. The van der Waals surface area contributed by atoms with E-state index < -0.39 is 0 Å². The number of benzene rings is 1. The molecule has 0 bridgehead atoms. The quantitative estimate of drug-likeness (QED) is 0.897. The van der Waals surface area contributed by atoms with Gasteiger partial charge in [-0.25, -0.2) is 0 Å². The maximum absolute atomic E-state index is 6.37. The van der Waals surface area contributed by atoms with Crippen LogP contribution in [0.4, 0.5) is 0 Å². The molecule has 2 aliphatic rings. The van der Waals surface area contributed by atoms with Crippen molar-refractivity contribution in [1.82, 2.24) is 5.32 Å². The van der Waals surface area contributed by atoms with E-state index in [1.807, 2.05) is 13.1 Å². The van der Waals surface area contributed by atoms with Crippen LogP contribution in [0.5, 0.6) is 5.75 Å². The lowest BCUT2D eigenvalue weighted by molar-refractivity contribution is -0.0749. The van der Waals surface area contributed by atoms with Gasteiger partial charge in [0.2, 0.25) is 0 Å². The van der Waals surface area contributed by atoms with Crippen molar-refractivity contribution >= 4 is 0 Å². The van der Waals surface area contributed by atoms with Crippen LogP contribution in [0.15, 0.2) is 24.3 Å². The maximum Gasteiger partial charge on any atom is 0.123 e. The first kappa shape index (κ1) is 14.9. The summed E-state index contributed by atoms with van der Waals surface area (Å²) in [5, 5.41) is 3.19. The van der Waals surface area contributed by atoms with Crippen LogP contribution < -0.4 is 10.1 Å². The van der Waals surface area contributed by atoms with Crippen molar-refractivity contribution in [2.45, 2.75) is 63.2 Å². The Morgan fingerprint density at radius 3 is 2.81 bits per heavy atom. The van der Waals surface area contributed by atoms with Crippen LogP contribution in [0, 0.1) is 0 Å². The molecule has 3 heteroatoms. The Morgan fingerprint density at radius 2 is 2.00 bits per heavy atom. The lowest BCUT2D eigenvalue weighted by Gasteiger charge is -2.33. The number of rotatable bonds is 5. The topological polar surface area (TPSA) is 30.5 Å². The Morgan fingerprint density at radius 1 is 1.19 bits per heavy atom. The van der Waals surface area contributed by atoms with Crippen molar-refractivity contribution in [3.05, 3.63) is 29.8 Å². The van der Waals surface area contributed by atoms with Crippen molar-refractivity contribution in [3.63, 3.8) is 0 Å². The summed E-state index contributed by atoms with van der Waals surface area (Å²) in [7, 11) is 1.96. The molecular formula is C18H27NO2. The summed E-state index contributed by atoms with van der Waals surface area (Å²) in [6.45, 7) is 1.52. The van der Waals surface area contributed by atoms with Crippen molar-refractivity contribution < 1.29 is 9.47 Å². The first-order valence-electron chi connectivity index (χ1n) is 8.34. The lowest BCUT2D eigenvalue weighted by atomic mass is 9.83. The summed E-state index contributed by atoms with van der Waals surface area (Å²) in [5.74, 6) is 0.986. The van der Waals surface area contributed by atoms with Gasteiger partial charge in [0.25, 0.3) is 0 Å². The molecule has 1 saturated carbocycles. The predicted octanol–water partition coefficient (Wildman–Crippen LogP) is 3.67. The minimum atomic E-state index is 0.191. The summed E-state index contributed by atoms with van der Waals surface area (Å²) in [6, 6.07) is 8.26. The minimum Gasteiger partial charge on any atom is -0.491 e. The Labute approximate surface area is 128 Å². The number of nitrogens with one attached hydrogen (secondary N) is 1. The molecule has 1 heterocycles. The highest BCUT2D eigenvalue weighted by Gasteiger charge is 2.40. The van der Waals surface area contributed by atoms with Crippen LogP contribution in [-0.4, -0.2) is 25.4 Å². The highest BCUT2D eigenvalue weighted by Crippen LogP contribution is 2.42. The Kier molecular flexibility index (Phi) is 4.81. The van der Waals surface area contributed by atoms with Gasteiger partial charge in [-0.3, -0.25) is 0 Å². The van der Waals surface area contributed by atoms with Gasteiger partial charge in [-0.15, -0.1) is 0 Å². The molecule has 2 fully saturated rings. The molecule has 1 unspecified atom stereocenters. The monoisotopic (exact) mass is 289 g/mol. The molecule has 1 aliphatic heterocycles. The first-order valence-corrected chi connectivity index (χ1v) is 8.34. The molecule has 1 N–H and O–H groups in total. The third-order valence-corrected chi connectivity index (χ3v) is 4.87. The van der Waals surface area contributed by atoms with Crippen LogP contribution in [0.1, 0.15) is 50.5 Å². The average Bonchev–Trinajstić information content (AvgIpc) is 2.90. The standard InChI is InChI=1S/C18H27NO2/c1-19-13-15-7-3-4-8-17(15)20-14-16-9-12-18(21-16)10-5-2-6-11-18/h3-4,7-8,16,19H,2,5-6,9-14H2,1H3. The van der Waals surface area contributed by atoms with E-state index in [1.54, 1.807) is 0 Å². The van der Waals surface area contributed by atoms with Crippen molar-refractivity contribution in [2.24, 2.45) is 0 Å². The SMILES string of the molecule is CNCc1ccccc1OCC1CCC2(CCCCC2)O1. The molecule has 1 atom stereocenters. The Balaban J connectivity index is 1.54. The van der Waals surface area contributed by atoms with Crippen LogP contribution in [0.3, 0.4) is 0 Å². The number of para-hydroxylation sites is 1. The van der Waals surface area contributed by atoms with Gasteiger partial charge in [0, 0.05) is 12.1 Å². The van der Waals surface area contributed by atoms with E-state index >= 15 is 0 Å². The molecule has 116 valence electrons. The summed E-state index contributed by atoms with van der Waals surface area (Å²) in [6.07, 6.45) is 9.18. The highest BCUT2D eigenvalue weighted by atomic mass is 16.6. The van der Waals surface area contributed by atoms with Gasteiger partial charge < -0.3 is 14.8 Å². The van der Waals surface area contributed by atoms with Crippen LogP contribution >= 0.6 is 0 Å². The minimum absolute atomic E-state index is 0.191. The second-order valence-electron chi connectivity index (χ2n) is 6.47. The Bertz CT molecular complexity index is 454. The molecule has 1 aromatic carbocycles. The van der Waals surface area contributed by atoms with E-state index in [1.165, 1.54) is 44.1 Å². The highest BCUT2D eigenvalue weighted by molar-refractivity contribution is 5.33. The molecule has 1 aromatic rings. The van der Waals surface area contributed by atoms with Gasteiger partial charge in [-0.05, 0) is 38.8 Å². The van der Waals surface area contributed by atoms with E-state index in [4.69, 9.17) is 9.47 Å². The van der Waals surface area contributed by atoms with E-state index in [0.717, 1.165) is 18.7 Å². The summed E-state index contributed by atoms with van der Waals surface area (Å²) in [4.78, 5) is 0. The summed E-state index contributed by atoms with van der Waals surface area (Å²) < 4.78 is 12.4. The number of hydrogen-bond acceptors (Lipinski definition) is 3. The van der Waals surface area contributed by atoms with Crippen LogP contribution in [0.25, 0.3) is 0 Å². The number of ether oxygens (including phenoxy) is 2. The van der Waals surface area contributed by atoms with E-state index in [-0.39, 0.29) is 11.7 Å². The smallest absolute Gasteiger partial charge is 0.123 e. The molecule has 1 saturated heterocycles. The molecule has 3 rings (SSSR count). The van der Waals surface area contributed by atoms with Gasteiger partial charge in [-0.2, -0.15) is 0 Å². The lowest BCUT2D eigenvalue weighted by Crippen LogP contribution is -2.33. The van der Waals surface area contributed by atoms with Crippen LogP contribution in [0.2, 0.25) is 0 Å². The summed E-state index contributed by atoms with van der Waals surface area (Å²) >= 11 is 0.